The van der Waals surface area contributed by atoms with Crippen molar-refractivity contribution in [1.29, 1.82) is 0 Å². The second-order valence-corrected chi connectivity index (χ2v) is 5.75. The van der Waals surface area contributed by atoms with Gasteiger partial charge in [0.15, 0.2) is 0 Å². The summed E-state index contributed by atoms with van der Waals surface area (Å²) in [4.78, 5) is 25.3. The van der Waals surface area contributed by atoms with Crippen LogP contribution in [0, 0.1) is 0 Å². The minimum Gasteiger partial charge on any atom is -0.435 e. The van der Waals surface area contributed by atoms with Crippen LogP contribution in [0.5, 0.6) is 5.75 Å². The molecule has 0 bridgehead atoms. The zero-order chi connectivity index (χ0) is 19.8. The molecule has 0 saturated carbocycles. The van der Waals surface area contributed by atoms with Crippen LogP contribution < -0.4 is 10.1 Å². The van der Waals surface area contributed by atoms with Crippen LogP contribution in [0.4, 0.5) is 8.78 Å². The number of nitrogens with one attached hydrogen (secondary N) is 1. The van der Waals surface area contributed by atoms with E-state index >= 15 is 0 Å². The van der Waals surface area contributed by atoms with E-state index in [4.69, 9.17) is 0 Å². The molecule has 7 heteroatoms. The molecule has 2 rings (SSSR count). The van der Waals surface area contributed by atoms with E-state index in [9.17, 15) is 18.4 Å². The van der Waals surface area contributed by atoms with Gasteiger partial charge in [-0.05, 0) is 41.5 Å². The third kappa shape index (κ3) is 6.22. The zero-order valence-electron chi connectivity index (χ0n) is 15.0. The Hall–Kier alpha value is -3.22. The second-order valence-electron chi connectivity index (χ2n) is 5.75. The molecule has 1 N–H and O–H groups in total. The molecule has 0 aliphatic rings. The van der Waals surface area contributed by atoms with Crippen LogP contribution in [-0.4, -0.2) is 37.4 Å². The first kappa shape index (κ1) is 20.1. The lowest BCUT2D eigenvalue weighted by Crippen LogP contribution is -2.24. The van der Waals surface area contributed by atoms with E-state index in [1.165, 1.54) is 23.1 Å². The lowest BCUT2D eigenvalue weighted by Gasteiger charge is -2.15. The quantitative estimate of drug-likeness (QED) is 0.757. The lowest BCUT2D eigenvalue weighted by atomic mass is 10.1. The molecule has 0 fully saturated rings. The van der Waals surface area contributed by atoms with Crippen molar-refractivity contribution in [3.63, 3.8) is 0 Å². The Morgan fingerprint density at radius 2 is 1.74 bits per heavy atom. The van der Waals surface area contributed by atoms with Crippen LogP contribution in [0.15, 0.2) is 54.6 Å². The predicted octanol–water partition coefficient (Wildman–Crippen LogP) is 3.32. The van der Waals surface area contributed by atoms with Crippen LogP contribution in [-0.2, 0) is 11.3 Å². The number of carbonyl (C=O) groups excluding carboxylic acids is 2. The highest BCUT2D eigenvalue weighted by Crippen LogP contribution is 2.16. The molecule has 2 amide bonds. The summed E-state index contributed by atoms with van der Waals surface area (Å²) in [7, 11) is 3.23. The third-order valence-electron chi connectivity index (χ3n) is 3.76. The minimum absolute atomic E-state index is 0.0609. The van der Waals surface area contributed by atoms with Crippen molar-refractivity contribution in [1.82, 2.24) is 10.2 Å². The molecule has 0 atom stereocenters. The Morgan fingerprint density at radius 3 is 2.30 bits per heavy atom. The van der Waals surface area contributed by atoms with Gasteiger partial charge in [0.05, 0.1) is 0 Å². The zero-order valence-corrected chi connectivity index (χ0v) is 15.0. The van der Waals surface area contributed by atoms with Gasteiger partial charge in [0.25, 0.3) is 5.91 Å². The topological polar surface area (TPSA) is 58.6 Å². The summed E-state index contributed by atoms with van der Waals surface area (Å²) in [6.45, 7) is -2.48. The van der Waals surface area contributed by atoms with Gasteiger partial charge in [-0.15, -0.1) is 0 Å². The number of rotatable bonds is 7. The highest BCUT2D eigenvalue weighted by atomic mass is 19.3. The number of carbonyl (C=O) groups is 2. The van der Waals surface area contributed by atoms with Gasteiger partial charge in [0.2, 0.25) is 5.91 Å². The molecule has 0 unspecified atom stereocenters. The average Bonchev–Trinajstić information content (AvgIpc) is 2.66. The van der Waals surface area contributed by atoms with Crippen LogP contribution in [0.3, 0.4) is 0 Å². The van der Waals surface area contributed by atoms with Crippen molar-refractivity contribution < 1.29 is 23.1 Å². The largest absolute Gasteiger partial charge is 0.435 e. The average molecular weight is 374 g/mol. The third-order valence-corrected chi connectivity index (χ3v) is 3.76. The first-order valence-electron chi connectivity index (χ1n) is 8.18. The monoisotopic (exact) mass is 374 g/mol. The SMILES string of the molecule is CNC(=O)c1ccc(CN(C)C(=O)/C=C/c2ccc(OC(F)F)cc2)cc1. The van der Waals surface area contributed by atoms with E-state index in [0.717, 1.165) is 5.56 Å². The van der Waals surface area contributed by atoms with Crippen LogP contribution in [0.2, 0.25) is 0 Å². The fourth-order valence-electron chi connectivity index (χ4n) is 2.31. The van der Waals surface area contributed by atoms with Gasteiger partial charge in [0.1, 0.15) is 5.75 Å². The number of benzene rings is 2. The van der Waals surface area contributed by atoms with E-state index in [1.54, 1.807) is 56.6 Å². The van der Waals surface area contributed by atoms with Crippen molar-refractivity contribution in [3.8, 4) is 5.75 Å². The first-order chi connectivity index (χ1) is 12.9. The van der Waals surface area contributed by atoms with Gasteiger partial charge >= 0.3 is 6.61 Å². The number of ether oxygens (including phenoxy) is 1. The molecule has 2 aromatic rings. The number of hydrogen-bond donors (Lipinski definition) is 1. The van der Waals surface area contributed by atoms with E-state index < -0.39 is 6.61 Å². The highest BCUT2D eigenvalue weighted by molar-refractivity contribution is 5.94. The fraction of sp³-hybridized carbons (Fsp3) is 0.200. The van der Waals surface area contributed by atoms with E-state index in [2.05, 4.69) is 10.1 Å². The molecule has 0 aliphatic heterocycles. The molecule has 0 heterocycles. The number of halogens is 2. The van der Waals surface area contributed by atoms with Gasteiger partial charge in [-0.25, -0.2) is 0 Å². The summed E-state index contributed by atoms with van der Waals surface area (Å²) in [5, 5.41) is 2.55. The molecule has 2 aromatic carbocycles. The van der Waals surface area contributed by atoms with E-state index in [-0.39, 0.29) is 17.6 Å². The summed E-state index contributed by atoms with van der Waals surface area (Å²) in [6.07, 6.45) is 3.00. The Labute approximate surface area is 156 Å². The molecule has 0 aliphatic carbocycles. The van der Waals surface area contributed by atoms with Crippen LogP contribution in [0.25, 0.3) is 6.08 Å². The molecule has 0 aromatic heterocycles. The predicted molar refractivity (Wildman–Crippen MR) is 98.4 cm³/mol. The number of alkyl halides is 2. The molecule has 5 nitrogen and oxygen atoms in total. The van der Waals surface area contributed by atoms with Crippen molar-refractivity contribution in [2.75, 3.05) is 14.1 Å². The molecule has 142 valence electrons. The summed E-state index contributed by atoms with van der Waals surface area (Å²) in [5.74, 6) is -0.317. The normalized spacial score (nSPS) is 10.9. The number of likely N-dealkylation sites (N-methyl/N-ethyl adjacent to an activating group) is 1. The molecular formula is C20H20F2N2O3. The summed E-state index contributed by atoms with van der Waals surface area (Å²) < 4.78 is 28.5. The summed E-state index contributed by atoms with van der Waals surface area (Å²) >= 11 is 0. The maximum absolute atomic E-state index is 12.2. The first-order valence-corrected chi connectivity index (χ1v) is 8.18. The Kier molecular flexibility index (Phi) is 7.05. The maximum Gasteiger partial charge on any atom is 0.387 e. The molecular weight excluding hydrogens is 354 g/mol. The van der Waals surface area contributed by atoms with E-state index in [1.807, 2.05) is 0 Å². The van der Waals surface area contributed by atoms with Gasteiger partial charge in [-0.2, -0.15) is 8.78 Å². The molecule has 27 heavy (non-hydrogen) atoms. The van der Waals surface area contributed by atoms with Gasteiger partial charge in [-0.3, -0.25) is 9.59 Å². The van der Waals surface area contributed by atoms with Gasteiger partial charge in [-0.1, -0.05) is 24.3 Å². The number of hydrogen-bond acceptors (Lipinski definition) is 3. The maximum atomic E-state index is 12.2. The summed E-state index contributed by atoms with van der Waals surface area (Å²) in [5.41, 5.74) is 2.13. The molecule has 0 radical (unpaired) electrons. The number of nitrogens with zero attached hydrogens (tertiary/aromatic N) is 1. The Bertz CT molecular complexity index is 803. The smallest absolute Gasteiger partial charge is 0.387 e. The lowest BCUT2D eigenvalue weighted by molar-refractivity contribution is -0.125. The van der Waals surface area contributed by atoms with Crippen molar-refractivity contribution in [2.45, 2.75) is 13.2 Å². The van der Waals surface area contributed by atoms with E-state index in [0.29, 0.717) is 17.7 Å². The van der Waals surface area contributed by atoms with Gasteiger partial charge < -0.3 is 15.0 Å². The summed E-state index contributed by atoms with van der Waals surface area (Å²) in [6, 6.07) is 13.0. The molecule has 0 saturated heterocycles. The highest BCUT2D eigenvalue weighted by Gasteiger charge is 2.08. The number of amides is 2. The van der Waals surface area contributed by atoms with Gasteiger partial charge in [0, 0.05) is 32.3 Å². The van der Waals surface area contributed by atoms with Crippen molar-refractivity contribution in [3.05, 3.63) is 71.3 Å². The molecule has 0 spiro atoms. The minimum atomic E-state index is -2.87. The Morgan fingerprint density at radius 1 is 1.11 bits per heavy atom. The fourth-order valence-corrected chi connectivity index (χ4v) is 2.31. The standard InChI is InChI=1S/C20H20F2N2O3/c1-23-19(26)16-8-3-15(4-9-16)13-24(2)18(25)12-7-14-5-10-17(11-6-14)27-20(21)22/h3-12,20H,13H2,1-2H3,(H,23,26)/b12-7+. The van der Waals surface area contributed by atoms with Crippen molar-refractivity contribution >= 4 is 17.9 Å². The second kappa shape index (κ2) is 9.47. The Balaban J connectivity index is 1.92. The van der Waals surface area contributed by atoms with Crippen LogP contribution in [0.1, 0.15) is 21.5 Å². The van der Waals surface area contributed by atoms with Crippen LogP contribution >= 0.6 is 0 Å². The van der Waals surface area contributed by atoms with Crippen molar-refractivity contribution in [2.24, 2.45) is 0 Å².